The summed E-state index contributed by atoms with van der Waals surface area (Å²) in [6.45, 7) is 4.05. The van der Waals surface area contributed by atoms with Crippen LogP contribution in [0.4, 0.5) is 5.69 Å². The van der Waals surface area contributed by atoms with Gasteiger partial charge in [0.05, 0.1) is 23.1 Å². The van der Waals surface area contributed by atoms with Crippen LogP contribution in [0.1, 0.15) is 30.2 Å². The molecule has 0 spiro atoms. The summed E-state index contributed by atoms with van der Waals surface area (Å²) < 4.78 is 3.35. The van der Waals surface area contributed by atoms with Crippen LogP contribution >= 0.6 is 0 Å². The van der Waals surface area contributed by atoms with Crippen molar-refractivity contribution in [3.05, 3.63) is 54.9 Å². The second-order valence-electron chi connectivity index (χ2n) is 5.11. The Morgan fingerprint density at radius 1 is 1.23 bits per heavy atom. The van der Waals surface area contributed by atoms with Crippen molar-refractivity contribution in [3.63, 3.8) is 0 Å². The zero-order chi connectivity index (χ0) is 15.5. The van der Waals surface area contributed by atoms with E-state index in [-0.39, 0.29) is 11.9 Å². The lowest BCUT2D eigenvalue weighted by atomic mass is 10.1. The Morgan fingerprint density at radius 2 is 2.05 bits per heavy atom. The number of anilines is 1. The molecule has 0 aliphatic rings. The molecule has 7 nitrogen and oxygen atoms in total. The monoisotopic (exact) mass is 296 g/mol. The van der Waals surface area contributed by atoms with Crippen LogP contribution < -0.4 is 5.32 Å². The molecule has 2 heterocycles. The summed E-state index contributed by atoms with van der Waals surface area (Å²) >= 11 is 0. The van der Waals surface area contributed by atoms with E-state index in [1.807, 2.05) is 32.0 Å². The van der Waals surface area contributed by atoms with Crippen LogP contribution in [0.15, 0.2) is 49.3 Å². The molecule has 1 aromatic carbocycles. The second kappa shape index (κ2) is 5.80. The fraction of sp³-hybridized carbons (Fsp3) is 0.200. The number of hydrogen-bond acceptors (Lipinski definition) is 4. The fourth-order valence-electron chi connectivity index (χ4n) is 2.08. The van der Waals surface area contributed by atoms with Crippen LogP contribution in [0.3, 0.4) is 0 Å². The van der Waals surface area contributed by atoms with Crippen LogP contribution in [0.5, 0.6) is 0 Å². The minimum Gasteiger partial charge on any atom is -0.319 e. The van der Waals surface area contributed by atoms with Gasteiger partial charge in [-0.15, -0.1) is 0 Å². The van der Waals surface area contributed by atoms with Gasteiger partial charge in [-0.25, -0.2) is 9.67 Å². The first-order chi connectivity index (χ1) is 10.6. The highest BCUT2D eigenvalue weighted by molar-refractivity contribution is 6.06. The number of rotatable bonds is 4. The number of aromatic nitrogens is 5. The van der Waals surface area contributed by atoms with Crippen LogP contribution in [0.25, 0.3) is 5.69 Å². The molecular weight excluding hydrogens is 280 g/mol. The molecule has 3 rings (SSSR count). The summed E-state index contributed by atoms with van der Waals surface area (Å²) in [5, 5.41) is 11.1. The number of amides is 1. The third-order valence-electron chi connectivity index (χ3n) is 3.20. The standard InChI is InChI=1S/C15H16N6O/c1-11(2)20-8-12(7-17-20)19-15(22)13-5-3-4-6-14(13)21-10-16-9-18-21/h3-11H,1-2H3,(H,19,22). The largest absolute Gasteiger partial charge is 0.319 e. The van der Waals surface area contributed by atoms with Crippen molar-refractivity contribution in [2.24, 2.45) is 0 Å². The summed E-state index contributed by atoms with van der Waals surface area (Å²) in [5.41, 5.74) is 1.85. The molecule has 0 aliphatic carbocycles. The topological polar surface area (TPSA) is 77.6 Å². The Morgan fingerprint density at radius 3 is 2.73 bits per heavy atom. The average Bonchev–Trinajstić information content (AvgIpc) is 3.18. The fourth-order valence-corrected chi connectivity index (χ4v) is 2.08. The molecule has 112 valence electrons. The van der Waals surface area contributed by atoms with Gasteiger partial charge in [0.1, 0.15) is 12.7 Å². The molecule has 0 saturated heterocycles. The number of nitrogens with zero attached hydrogens (tertiary/aromatic N) is 5. The Labute approximate surface area is 127 Å². The third-order valence-corrected chi connectivity index (χ3v) is 3.20. The van der Waals surface area contributed by atoms with E-state index in [0.717, 1.165) is 0 Å². The van der Waals surface area contributed by atoms with Gasteiger partial charge in [-0.2, -0.15) is 10.2 Å². The molecule has 0 radical (unpaired) electrons. The maximum Gasteiger partial charge on any atom is 0.257 e. The van der Waals surface area contributed by atoms with Crippen LogP contribution in [-0.2, 0) is 0 Å². The van der Waals surface area contributed by atoms with Gasteiger partial charge in [-0.05, 0) is 26.0 Å². The zero-order valence-corrected chi connectivity index (χ0v) is 12.3. The molecule has 0 aliphatic heterocycles. The maximum absolute atomic E-state index is 12.5. The smallest absolute Gasteiger partial charge is 0.257 e. The van der Waals surface area contributed by atoms with Gasteiger partial charge in [0.2, 0.25) is 0 Å². The minimum atomic E-state index is -0.214. The van der Waals surface area contributed by atoms with E-state index < -0.39 is 0 Å². The molecule has 0 fully saturated rings. The summed E-state index contributed by atoms with van der Waals surface area (Å²) in [5.74, 6) is -0.214. The molecule has 0 unspecified atom stereocenters. The van der Waals surface area contributed by atoms with Crippen molar-refractivity contribution in [1.29, 1.82) is 0 Å². The Balaban J connectivity index is 1.86. The number of benzene rings is 1. The van der Waals surface area contributed by atoms with Crippen molar-refractivity contribution < 1.29 is 4.79 Å². The molecule has 7 heteroatoms. The van der Waals surface area contributed by atoms with E-state index in [0.29, 0.717) is 16.9 Å². The highest BCUT2D eigenvalue weighted by Crippen LogP contribution is 2.16. The van der Waals surface area contributed by atoms with Gasteiger partial charge in [-0.1, -0.05) is 12.1 Å². The average molecular weight is 296 g/mol. The van der Waals surface area contributed by atoms with Gasteiger partial charge in [0, 0.05) is 12.2 Å². The highest BCUT2D eigenvalue weighted by atomic mass is 16.1. The number of carbonyl (C=O) groups excluding carboxylic acids is 1. The highest BCUT2D eigenvalue weighted by Gasteiger charge is 2.14. The van der Waals surface area contributed by atoms with E-state index in [1.54, 1.807) is 34.2 Å². The van der Waals surface area contributed by atoms with E-state index in [2.05, 4.69) is 20.5 Å². The van der Waals surface area contributed by atoms with E-state index in [4.69, 9.17) is 0 Å². The summed E-state index contributed by atoms with van der Waals surface area (Å²) in [4.78, 5) is 16.4. The van der Waals surface area contributed by atoms with Crippen molar-refractivity contribution in [1.82, 2.24) is 24.5 Å². The van der Waals surface area contributed by atoms with E-state index >= 15 is 0 Å². The summed E-state index contributed by atoms with van der Waals surface area (Å²) in [7, 11) is 0. The Kier molecular flexibility index (Phi) is 3.69. The molecule has 1 amide bonds. The Bertz CT molecular complexity index is 775. The quantitative estimate of drug-likeness (QED) is 0.801. The van der Waals surface area contributed by atoms with E-state index in [9.17, 15) is 4.79 Å². The first-order valence-electron chi connectivity index (χ1n) is 6.94. The van der Waals surface area contributed by atoms with Gasteiger partial charge in [0.25, 0.3) is 5.91 Å². The lowest BCUT2D eigenvalue weighted by Gasteiger charge is -2.08. The van der Waals surface area contributed by atoms with Crippen molar-refractivity contribution in [2.75, 3.05) is 5.32 Å². The molecule has 3 aromatic rings. The molecule has 22 heavy (non-hydrogen) atoms. The van der Waals surface area contributed by atoms with Crippen molar-refractivity contribution >= 4 is 11.6 Å². The minimum absolute atomic E-state index is 0.214. The predicted molar refractivity (Wildman–Crippen MR) is 81.9 cm³/mol. The molecule has 0 saturated carbocycles. The zero-order valence-electron chi connectivity index (χ0n) is 12.3. The number of hydrogen-bond donors (Lipinski definition) is 1. The molecule has 1 N–H and O–H groups in total. The lowest BCUT2D eigenvalue weighted by Crippen LogP contribution is -2.15. The Hall–Kier alpha value is -2.96. The maximum atomic E-state index is 12.5. The first kappa shape index (κ1) is 14.0. The normalized spacial score (nSPS) is 10.9. The van der Waals surface area contributed by atoms with Gasteiger partial charge in [-0.3, -0.25) is 9.48 Å². The molecule has 2 aromatic heterocycles. The van der Waals surface area contributed by atoms with Crippen molar-refractivity contribution in [2.45, 2.75) is 19.9 Å². The SMILES string of the molecule is CC(C)n1cc(NC(=O)c2ccccc2-n2cncn2)cn1. The lowest BCUT2D eigenvalue weighted by molar-refractivity contribution is 0.102. The third kappa shape index (κ3) is 2.73. The van der Waals surface area contributed by atoms with Crippen LogP contribution in [0.2, 0.25) is 0 Å². The van der Waals surface area contributed by atoms with Crippen LogP contribution in [0, 0.1) is 0 Å². The second-order valence-corrected chi connectivity index (χ2v) is 5.11. The number of nitrogens with one attached hydrogen (secondary N) is 1. The summed E-state index contributed by atoms with van der Waals surface area (Å²) in [6, 6.07) is 7.48. The van der Waals surface area contributed by atoms with Gasteiger partial charge in [0.15, 0.2) is 0 Å². The molecule has 0 atom stereocenters. The number of para-hydroxylation sites is 1. The van der Waals surface area contributed by atoms with E-state index in [1.165, 1.54) is 6.33 Å². The van der Waals surface area contributed by atoms with Gasteiger partial charge < -0.3 is 5.32 Å². The number of carbonyl (C=O) groups is 1. The van der Waals surface area contributed by atoms with Gasteiger partial charge >= 0.3 is 0 Å². The summed E-state index contributed by atoms with van der Waals surface area (Å²) in [6.07, 6.45) is 6.43. The molecular formula is C15H16N6O. The van der Waals surface area contributed by atoms with Crippen molar-refractivity contribution in [3.8, 4) is 5.69 Å². The van der Waals surface area contributed by atoms with Crippen LogP contribution in [-0.4, -0.2) is 30.5 Å². The molecule has 0 bridgehead atoms. The predicted octanol–water partition coefficient (Wildman–Crippen LogP) is 2.30. The first-order valence-corrected chi connectivity index (χ1v) is 6.94.